The molecule has 3 rings (SSSR count). The first kappa shape index (κ1) is 12.1. The Labute approximate surface area is 111 Å². The van der Waals surface area contributed by atoms with Crippen molar-refractivity contribution >= 4 is 10.9 Å². The lowest BCUT2D eigenvalue weighted by atomic mass is 9.82. The lowest BCUT2D eigenvalue weighted by Crippen LogP contribution is -2.33. The van der Waals surface area contributed by atoms with E-state index >= 15 is 0 Å². The minimum absolute atomic E-state index is 0.0274. The van der Waals surface area contributed by atoms with Crippen LogP contribution < -0.4 is 15.0 Å². The summed E-state index contributed by atoms with van der Waals surface area (Å²) in [7, 11) is 1.59. The molecule has 4 nitrogen and oxygen atoms in total. The highest BCUT2D eigenvalue weighted by Gasteiger charge is 2.42. The highest BCUT2D eigenvalue weighted by atomic mass is 16.5. The quantitative estimate of drug-likeness (QED) is 0.856. The van der Waals surface area contributed by atoms with Crippen molar-refractivity contribution in [2.75, 3.05) is 7.11 Å². The third-order valence-corrected chi connectivity index (χ3v) is 4.14. The lowest BCUT2D eigenvalue weighted by Gasteiger charge is -2.21. The summed E-state index contributed by atoms with van der Waals surface area (Å²) in [5, 5.41) is 0.895. The first-order chi connectivity index (χ1) is 8.96. The van der Waals surface area contributed by atoms with E-state index in [9.17, 15) is 4.79 Å². The van der Waals surface area contributed by atoms with E-state index in [4.69, 9.17) is 9.47 Å². The maximum atomic E-state index is 12.4. The van der Waals surface area contributed by atoms with Crippen LogP contribution in [0.4, 0.5) is 0 Å². The van der Waals surface area contributed by atoms with Gasteiger partial charge in [-0.2, -0.15) is 0 Å². The molecule has 100 valence electrons. The van der Waals surface area contributed by atoms with Crippen molar-refractivity contribution in [2.24, 2.45) is 0 Å². The third kappa shape index (κ3) is 1.49. The fraction of sp³-hybridized carbons (Fsp3) is 0.400. The number of methoxy groups -OCH3 is 1. The van der Waals surface area contributed by atoms with Gasteiger partial charge in [-0.05, 0) is 19.1 Å². The summed E-state index contributed by atoms with van der Waals surface area (Å²) in [6, 6.07) is 5.67. The molecular formula is C15H17NO3. The van der Waals surface area contributed by atoms with Gasteiger partial charge in [-0.25, -0.2) is 0 Å². The Morgan fingerprint density at radius 2 is 2.11 bits per heavy atom. The molecule has 0 fully saturated rings. The molecule has 1 aromatic heterocycles. The van der Waals surface area contributed by atoms with Crippen molar-refractivity contribution in [3.05, 3.63) is 34.1 Å². The van der Waals surface area contributed by atoms with Crippen LogP contribution in [0, 0.1) is 0 Å². The Morgan fingerprint density at radius 1 is 1.37 bits per heavy atom. The monoisotopic (exact) mass is 259 g/mol. The average Bonchev–Trinajstić information content (AvgIpc) is 2.61. The van der Waals surface area contributed by atoms with Gasteiger partial charge in [0.2, 0.25) is 0 Å². The van der Waals surface area contributed by atoms with Gasteiger partial charge in [0.1, 0.15) is 17.6 Å². The number of rotatable bonds is 1. The number of para-hydroxylation sites is 1. The summed E-state index contributed by atoms with van der Waals surface area (Å²) in [5.41, 5.74) is 1.03. The number of fused-ring (bicyclic) bond motifs is 3. The van der Waals surface area contributed by atoms with Crippen LogP contribution in [0.25, 0.3) is 10.9 Å². The molecule has 2 heterocycles. The topological polar surface area (TPSA) is 51.3 Å². The van der Waals surface area contributed by atoms with Crippen LogP contribution >= 0.6 is 0 Å². The summed E-state index contributed by atoms with van der Waals surface area (Å²) in [6.07, 6.45) is -0.0274. The average molecular weight is 259 g/mol. The van der Waals surface area contributed by atoms with Crippen LogP contribution in [-0.2, 0) is 5.41 Å². The highest BCUT2D eigenvalue weighted by Crippen LogP contribution is 2.44. The van der Waals surface area contributed by atoms with Gasteiger partial charge < -0.3 is 14.5 Å². The number of pyridine rings is 1. The smallest absolute Gasteiger partial charge is 0.256 e. The second-order valence-corrected chi connectivity index (χ2v) is 5.52. The molecular weight excluding hydrogens is 242 g/mol. The van der Waals surface area contributed by atoms with Crippen molar-refractivity contribution < 1.29 is 9.47 Å². The van der Waals surface area contributed by atoms with E-state index in [2.05, 4.69) is 4.98 Å². The van der Waals surface area contributed by atoms with Crippen LogP contribution in [0.15, 0.2) is 23.0 Å². The number of nitrogens with one attached hydrogen (secondary N) is 1. The summed E-state index contributed by atoms with van der Waals surface area (Å²) in [6.45, 7) is 6.06. The first-order valence-corrected chi connectivity index (χ1v) is 6.37. The van der Waals surface area contributed by atoms with Gasteiger partial charge >= 0.3 is 0 Å². The molecule has 1 atom stereocenters. The molecule has 1 aliphatic rings. The van der Waals surface area contributed by atoms with Crippen molar-refractivity contribution in [3.63, 3.8) is 0 Å². The zero-order valence-corrected chi connectivity index (χ0v) is 11.5. The van der Waals surface area contributed by atoms with E-state index in [1.807, 2.05) is 39.0 Å². The van der Waals surface area contributed by atoms with Gasteiger partial charge in [0.15, 0.2) is 0 Å². The maximum absolute atomic E-state index is 12.4. The lowest BCUT2D eigenvalue weighted by molar-refractivity contribution is 0.187. The van der Waals surface area contributed by atoms with E-state index in [1.165, 1.54) is 0 Å². The second kappa shape index (κ2) is 3.76. The van der Waals surface area contributed by atoms with Crippen molar-refractivity contribution in [1.82, 2.24) is 4.98 Å². The fourth-order valence-corrected chi connectivity index (χ4v) is 2.67. The van der Waals surface area contributed by atoms with Crippen LogP contribution in [0.5, 0.6) is 11.5 Å². The Bertz CT molecular complexity index is 715. The third-order valence-electron chi connectivity index (χ3n) is 4.14. The zero-order valence-electron chi connectivity index (χ0n) is 11.5. The molecule has 0 spiro atoms. The molecule has 1 aliphatic heterocycles. The minimum Gasteiger partial charge on any atom is -0.495 e. The number of hydrogen-bond donors (Lipinski definition) is 1. The molecule has 2 aromatic rings. The van der Waals surface area contributed by atoms with E-state index in [0.717, 1.165) is 10.9 Å². The molecule has 0 saturated heterocycles. The predicted molar refractivity (Wildman–Crippen MR) is 74.2 cm³/mol. The number of aromatic nitrogens is 1. The van der Waals surface area contributed by atoms with Gasteiger partial charge in [-0.3, -0.25) is 4.79 Å². The van der Waals surface area contributed by atoms with Crippen LogP contribution in [-0.4, -0.2) is 18.2 Å². The SMILES string of the molecule is COc1cccc2c3c(c(=O)[nH]c12)C(C)(C)C(C)O3. The largest absolute Gasteiger partial charge is 0.495 e. The Morgan fingerprint density at radius 3 is 2.79 bits per heavy atom. The van der Waals surface area contributed by atoms with Crippen LogP contribution in [0.2, 0.25) is 0 Å². The van der Waals surface area contributed by atoms with Gasteiger partial charge in [0.25, 0.3) is 5.56 Å². The molecule has 1 aromatic carbocycles. The summed E-state index contributed by atoms with van der Waals surface area (Å²) >= 11 is 0. The molecule has 0 saturated carbocycles. The first-order valence-electron chi connectivity index (χ1n) is 6.37. The number of hydrogen-bond acceptors (Lipinski definition) is 3. The van der Waals surface area contributed by atoms with Crippen LogP contribution in [0.1, 0.15) is 26.3 Å². The van der Waals surface area contributed by atoms with Crippen molar-refractivity contribution in [2.45, 2.75) is 32.3 Å². The Hall–Kier alpha value is -1.97. The van der Waals surface area contributed by atoms with Crippen molar-refractivity contribution in [1.29, 1.82) is 0 Å². The van der Waals surface area contributed by atoms with Gasteiger partial charge in [0.05, 0.1) is 18.2 Å². The Kier molecular flexibility index (Phi) is 2.39. The molecule has 1 N–H and O–H groups in total. The molecule has 4 heteroatoms. The summed E-state index contributed by atoms with van der Waals surface area (Å²) in [5.74, 6) is 1.34. The van der Waals surface area contributed by atoms with Gasteiger partial charge in [-0.1, -0.05) is 19.9 Å². The maximum Gasteiger partial charge on any atom is 0.256 e. The summed E-state index contributed by atoms with van der Waals surface area (Å²) in [4.78, 5) is 15.3. The number of H-pyrrole nitrogens is 1. The minimum atomic E-state index is -0.291. The molecule has 1 unspecified atom stereocenters. The molecule has 0 bridgehead atoms. The number of ether oxygens (including phenoxy) is 2. The van der Waals surface area contributed by atoms with Gasteiger partial charge in [-0.15, -0.1) is 0 Å². The molecule has 0 amide bonds. The molecule has 0 radical (unpaired) electrons. The van der Waals surface area contributed by atoms with E-state index in [1.54, 1.807) is 7.11 Å². The number of benzene rings is 1. The van der Waals surface area contributed by atoms with E-state index in [-0.39, 0.29) is 17.1 Å². The normalized spacial score (nSPS) is 20.1. The van der Waals surface area contributed by atoms with E-state index < -0.39 is 0 Å². The second-order valence-electron chi connectivity index (χ2n) is 5.52. The van der Waals surface area contributed by atoms with Crippen LogP contribution in [0.3, 0.4) is 0 Å². The van der Waals surface area contributed by atoms with Gasteiger partial charge in [0, 0.05) is 10.8 Å². The summed E-state index contributed by atoms with van der Waals surface area (Å²) < 4.78 is 11.2. The Balaban J connectivity index is 2.45. The number of aromatic amines is 1. The standard InChI is InChI=1S/C15H17NO3/c1-8-15(2,3)11-13(19-8)9-6-5-7-10(18-4)12(9)16-14(11)17/h5-8H,1-4H3,(H,16,17). The predicted octanol–water partition coefficient (Wildman–Crippen LogP) is 2.60. The van der Waals surface area contributed by atoms with Crippen molar-refractivity contribution in [3.8, 4) is 11.5 Å². The fourth-order valence-electron chi connectivity index (χ4n) is 2.67. The molecule has 19 heavy (non-hydrogen) atoms. The highest BCUT2D eigenvalue weighted by molar-refractivity contribution is 5.91. The zero-order chi connectivity index (χ0) is 13.8. The van der Waals surface area contributed by atoms with E-state index in [0.29, 0.717) is 17.0 Å². The molecule has 0 aliphatic carbocycles.